The number of amides is 1. The summed E-state index contributed by atoms with van der Waals surface area (Å²) in [6, 6.07) is 3.13. The van der Waals surface area contributed by atoms with Gasteiger partial charge in [-0.1, -0.05) is 0 Å². The molecule has 1 rings (SSSR count). The smallest absolute Gasteiger partial charge is 0.419 e. The van der Waals surface area contributed by atoms with Crippen molar-refractivity contribution >= 4 is 5.91 Å². The van der Waals surface area contributed by atoms with Gasteiger partial charge in [-0.2, -0.15) is 18.4 Å². The van der Waals surface area contributed by atoms with E-state index in [-0.39, 0.29) is 5.56 Å². The van der Waals surface area contributed by atoms with Crippen LogP contribution in [0.4, 0.5) is 13.2 Å². The molecule has 1 aromatic rings. The van der Waals surface area contributed by atoms with Gasteiger partial charge in [-0.25, -0.2) is 0 Å². The Hall–Kier alpha value is -2.23. The predicted molar refractivity (Wildman–Crippen MR) is 51.2 cm³/mol. The maximum Gasteiger partial charge on any atom is 0.419 e. The second-order valence-corrected chi connectivity index (χ2v) is 3.04. The first-order valence-corrected chi connectivity index (χ1v) is 4.31. The SMILES string of the molecule is COc1c(C(F)(F)F)ccc(C#N)c1C(N)=O. The zero-order valence-electron chi connectivity index (χ0n) is 8.63. The maximum absolute atomic E-state index is 12.6. The molecule has 0 saturated heterocycles. The fourth-order valence-electron chi connectivity index (χ4n) is 1.36. The van der Waals surface area contributed by atoms with Crippen LogP contribution < -0.4 is 10.5 Å². The van der Waals surface area contributed by atoms with Crippen molar-refractivity contribution in [3.05, 3.63) is 28.8 Å². The van der Waals surface area contributed by atoms with Gasteiger partial charge in [0.25, 0.3) is 5.91 Å². The van der Waals surface area contributed by atoms with Crippen LogP contribution in [0.5, 0.6) is 5.75 Å². The fourth-order valence-corrected chi connectivity index (χ4v) is 1.36. The van der Waals surface area contributed by atoms with Gasteiger partial charge in [0.05, 0.1) is 23.8 Å². The van der Waals surface area contributed by atoms with Crippen molar-refractivity contribution in [1.82, 2.24) is 0 Å². The first-order valence-electron chi connectivity index (χ1n) is 4.31. The standard InChI is InChI=1S/C10H7F3N2O2/c1-17-8-6(10(11,12)13)3-2-5(4-14)7(8)9(15)16/h2-3H,1H3,(H2,15,16). The molecule has 1 aromatic carbocycles. The second-order valence-electron chi connectivity index (χ2n) is 3.04. The summed E-state index contributed by atoms with van der Waals surface area (Å²) in [4.78, 5) is 11.1. The van der Waals surface area contributed by atoms with Gasteiger partial charge in [0.2, 0.25) is 0 Å². The summed E-state index contributed by atoms with van der Waals surface area (Å²) in [6.45, 7) is 0. The van der Waals surface area contributed by atoms with E-state index in [9.17, 15) is 18.0 Å². The molecular weight excluding hydrogens is 237 g/mol. The van der Waals surface area contributed by atoms with E-state index in [4.69, 9.17) is 11.0 Å². The van der Waals surface area contributed by atoms with Gasteiger partial charge in [0.15, 0.2) is 0 Å². The average molecular weight is 244 g/mol. The topological polar surface area (TPSA) is 76.1 Å². The summed E-state index contributed by atoms with van der Waals surface area (Å²) in [6.07, 6.45) is -4.69. The van der Waals surface area contributed by atoms with Gasteiger partial charge < -0.3 is 10.5 Å². The molecule has 0 aliphatic carbocycles. The second kappa shape index (κ2) is 4.33. The summed E-state index contributed by atoms with van der Waals surface area (Å²) in [5.41, 5.74) is 2.97. The first kappa shape index (κ1) is 12.8. The van der Waals surface area contributed by atoms with Gasteiger partial charge >= 0.3 is 6.18 Å². The van der Waals surface area contributed by atoms with E-state index in [2.05, 4.69) is 4.74 Å². The number of halogens is 3. The number of alkyl halides is 3. The normalized spacial score (nSPS) is 10.8. The van der Waals surface area contributed by atoms with Crippen LogP contribution in [0, 0.1) is 11.3 Å². The number of benzene rings is 1. The molecule has 0 aromatic heterocycles. The van der Waals surface area contributed by atoms with Crippen LogP contribution in [-0.2, 0) is 6.18 Å². The minimum atomic E-state index is -4.69. The Morgan fingerprint density at radius 2 is 2.06 bits per heavy atom. The van der Waals surface area contributed by atoms with E-state index in [1.807, 2.05) is 0 Å². The van der Waals surface area contributed by atoms with Gasteiger partial charge in [-0.3, -0.25) is 4.79 Å². The molecule has 0 heterocycles. The average Bonchev–Trinajstić information content (AvgIpc) is 2.25. The van der Waals surface area contributed by atoms with E-state index in [1.54, 1.807) is 6.07 Å². The molecule has 0 radical (unpaired) electrons. The van der Waals surface area contributed by atoms with E-state index < -0.39 is 29.0 Å². The molecule has 0 atom stereocenters. The van der Waals surface area contributed by atoms with Crippen molar-refractivity contribution in [2.24, 2.45) is 5.73 Å². The summed E-state index contributed by atoms with van der Waals surface area (Å²) in [7, 11) is 0.970. The Morgan fingerprint density at radius 3 is 2.41 bits per heavy atom. The summed E-state index contributed by atoms with van der Waals surface area (Å²) in [5.74, 6) is -1.88. The van der Waals surface area contributed by atoms with Crippen LogP contribution >= 0.6 is 0 Å². The Balaban J connectivity index is 3.66. The Morgan fingerprint density at radius 1 is 1.47 bits per heavy atom. The number of carbonyl (C=O) groups excluding carboxylic acids is 1. The highest BCUT2D eigenvalue weighted by Gasteiger charge is 2.36. The van der Waals surface area contributed by atoms with Gasteiger partial charge in [0, 0.05) is 0 Å². The molecule has 4 nitrogen and oxygen atoms in total. The monoisotopic (exact) mass is 244 g/mol. The third kappa shape index (κ3) is 2.30. The summed E-state index contributed by atoms with van der Waals surface area (Å²) in [5, 5.41) is 8.69. The Kier molecular flexibility index (Phi) is 3.27. The predicted octanol–water partition coefficient (Wildman–Crippen LogP) is 1.68. The zero-order chi connectivity index (χ0) is 13.2. The zero-order valence-corrected chi connectivity index (χ0v) is 8.63. The lowest BCUT2D eigenvalue weighted by molar-refractivity contribution is -0.138. The van der Waals surface area contributed by atoms with Crippen LogP contribution in [0.3, 0.4) is 0 Å². The molecule has 1 amide bonds. The third-order valence-corrected chi connectivity index (χ3v) is 2.03. The Bertz CT molecular complexity index is 503. The molecule has 0 aliphatic heterocycles. The molecule has 0 spiro atoms. The third-order valence-electron chi connectivity index (χ3n) is 2.03. The summed E-state index contributed by atoms with van der Waals surface area (Å²) >= 11 is 0. The van der Waals surface area contributed by atoms with Crippen LogP contribution in [-0.4, -0.2) is 13.0 Å². The molecule has 7 heteroatoms. The van der Waals surface area contributed by atoms with Gasteiger partial charge in [-0.15, -0.1) is 0 Å². The Labute approximate surface area is 94.4 Å². The number of hydrogen-bond donors (Lipinski definition) is 1. The van der Waals surface area contributed by atoms with Crippen LogP contribution in [0.1, 0.15) is 21.5 Å². The van der Waals surface area contributed by atoms with Crippen LogP contribution in [0.25, 0.3) is 0 Å². The highest BCUT2D eigenvalue weighted by molar-refractivity contribution is 5.98. The molecule has 0 aliphatic rings. The molecule has 90 valence electrons. The van der Waals surface area contributed by atoms with Crippen molar-refractivity contribution in [3.8, 4) is 11.8 Å². The number of methoxy groups -OCH3 is 1. The lowest BCUT2D eigenvalue weighted by Crippen LogP contribution is -2.18. The van der Waals surface area contributed by atoms with Gasteiger partial charge in [-0.05, 0) is 12.1 Å². The number of hydrogen-bond acceptors (Lipinski definition) is 3. The fraction of sp³-hybridized carbons (Fsp3) is 0.200. The number of rotatable bonds is 2. The van der Waals surface area contributed by atoms with Crippen molar-refractivity contribution in [3.63, 3.8) is 0 Å². The molecule has 17 heavy (non-hydrogen) atoms. The number of nitrogens with two attached hydrogens (primary N) is 1. The van der Waals surface area contributed by atoms with Crippen LogP contribution in [0.2, 0.25) is 0 Å². The van der Waals surface area contributed by atoms with E-state index in [0.717, 1.165) is 13.2 Å². The number of ether oxygens (including phenoxy) is 1. The number of nitriles is 1. The number of primary amides is 1. The lowest BCUT2D eigenvalue weighted by atomic mass is 10.0. The van der Waals surface area contributed by atoms with E-state index in [1.165, 1.54) is 0 Å². The minimum Gasteiger partial charge on any atom is -0.495 e. The number of carbonyl (C=O) groups is 1. The van der Waals surface area contributed by atoms with Crippen LogP contribution in [0.15, 0.2) is 12.1 Å². The highest BCUT2D eigenvalue weighted by atomic mass is 19.4. The first-order chi connectivity index (χ1) is 7.82. The largest absolute Gasteiger partial charge is 0.495 e. The number of nitrogens with zero attached hydrogens (tertiary/aromatic N) is 1. The van der Waals surface area contributed by atoms with Crippen molar-refractivity contribution in [1.29, 1.82) is 5.26 Å². The van der Waals surface area contributed by atoms with Gasteiger partial charge in [0.1, 0.15) is 11.8 Å². The minimum absolute atomic E-state index is 0.262. The van der Waals surface area contributed by atoms with Crippen molar-refractivity contribution < 1.29 is 22.7 Å². The maximum atomic E-state index is 12.6. The van der Waals surface area contributed by atoms with E-state index >= 15 is 0 Å². The highest BCUT2D eigenvalue weighted by Crippen LogP contribution is 2.39. The molecule has 0 unspecified atom stereocenters. The molecule has 2 N–H and O–H groups in total. The van der Waals surface area contributed by atoms with Crippen molar-refractivity contribution in [2.75, 3.05) is 7.11 Å². The molecular formula is C10H7F3N2O2. The summed E-state index contributed by atoms with van der Waals surface area (Å²) < 4.78 is 42.3. The molecule has 0 saturated carbocycles. The molecule has 0 fully saturated rings. The van der Waals surface area contributed by atoms with E-state index in [0.29, 0.717) is 6.07 Å². The van der Waals surface area contributed by atoms with Crippen molar-refractivity contribution in [2.45, 2.75) is 6.18 Å². The lowest BCUT2D eigenvalue weighted by Gasteiger charge is -2.14. The quantitative estimate of drug-likeness (QED) is 0.859. The molecule has 0 bridgehead atoms.